The summed E-state index contributed by atoms with van der Waals surface area (Å²) in [5.74, 6) is -1.11. The smallest absolute Gasteiger partial charge is 0.358 e. The Balaban J connectivity index is 1.48. The summed E-state index contributed by atoms with van der Waals surface area (Å²) in [5.41, 5.74) is 2.38. The molecule has 0 radical (unpaired) electrons. The zero-order valence-corrected chi connectivity index (χ0v) is 11.9. The molecule has 1 amide bonds. The van der Waals surface area contributed by atoms with Crippen molar-refractivity contribution in [2.45, 2.75) is 19.4 Å². The molecule has 22 heavy (non-hydrogen) atoms. The third-order valence-electron chi connectivity index (χ3n) is 3.82. The molecule has 1 aliphatic rings. The number of carboxylic acid groups (broad SMARTS) is 1. The van der Waals surface area contributed by atoms with Gasteiger partial charge in [-0.05, 0) is 24.0 Å². The Kier molecular flexibility index (Phi) is 3.86. The molecule has 0 unspecified atom stereocenters. The Morgan fingerprint density at radius 1 is 1.27 bits per heavy atom. The van der Waals surface area contributed by atoms with Crippen molar-refractivity contribution in [3.8, 4) is 0 Å². The van der Waals surface area contributed by atoms with E-state index in [9.17, 15) is 9.59 Å². The molecule has 0 spiro atoms. The van der Waals surface area contributed by atoms with Crippen LogP contribution in [0.25, 0.3) is 0 Å². The molecule has 0 atom stereocenters. The number of nitrogens with zero attached hydrogens (tertiary/aromatic N) is 3. The molecule has 2 N–H and O–H groups in total. The van der Waals surface area contributed by atoms with Gasteiger partial charge in [0.2, 0.25) is 5.91 Å². The minimum atomic E-state index is -1.11. The van der Waals surface area contributed by atoms with E-state index < -0.39 is 5.97 Å². The maximum atomic E-state index is 12.2. The lowest BCUT2D eigenvalue weighted by molar-refractivity contribution is -0.124. The van der Waals surface area contributed by atoms with Crippen LogP contribution in [0, 0.1) is 5.92 Å². The third kappa shape index (κ3) is 2.98. The van der Waals surface area contributed by atoms with Gasteiger partial charge in [-0.15, -0.1) is 5.10 Å². The van der Waals surface area contributed by atoms with Crippen molar-refractivity contribution in [1.29, 1.82) is 0 Å². The highest BCUT2D eigenvalue weighted by Crippen LogP contribution is 2.26. The first kappa shape index (κ1) is 14.2. The predicted molar refractivity (Wildman–Crippen MR) is 77.3 cm³/mol. The summed E-state index contributed by atoms with van der Waals surface area (Å²) in [6.45, 7) is 0.791. The number of benzene rings is 1. The molecule has 0 aliphatic heterocycles. The van der Waals surface area contributed by atoms with Gasteiger partial charge in [-0.25, -0.2) is 9.48 Å². The monoisotopic (exact) mass is 300 g/mol. The maximum absolute atomic E-state index is 12.2. The van der Waals surface area contributed by atoms with Crippen molar-refractivity contribution < 1.29 is 14.7 Å². The Labute approximate surface area is 126 Å². The Morgan fingerprint density at radius 3 is 2.55 bits per heavy atom. The molecule has 1 aromatic carbocycles. The third-order valence-corrected chi connectivity index (χ3v) is 3.82. The Hall–Kier alpha value is -2.70. The number of carbonyl (C=O) groups excluding carboxylic acids is 1. The van der Waals surface area contributed by atoms with Crippen LogP contribution in [0.2, 0.25) is 0 Å². The molecule has 1 aliphatic carbocycles. The second kappa shape index (κ2) is 5.97. The van der Waals surface area contributed by atoms with E-state index in [1.165, 1.54) is 22.0 Å². The Morgan fingerprint density at radius 2 is 1.95 bits per heavy atom. The number of carbonyl (C=O) groups is 2. The lowest BCUT2D eigenvalue weighted by Crippen LogP contribution is -2.33. The van der Waals surface area contributed by atoms with Crippen LogP contribution in [0.1, 0.15) is 21.6 Å². The Bertz CT molecular complexity index is 685. The quantitative estimate of drug-likeness (QED) is 0.838. The van der Waals surface area contributed by atoms with Crippen LogP contribution in [0.3, 0.4) is 0 Å². The van der Waals surface area contributed by atoms with E-state index in [2.05, 4.69) is 27.8 Å². The van der Waals surface area contributed by atoms with Gasteiger partial charge in [-0.1, -0.05) is 29.5 Å². The van der Waals surface area contributed by atoms with Crippen LogP contribution < -0.4 is 5.32 Å². The fraction of sp³-hybridized carbons (Fsp3) is 0.333. The van der Waals surface area contributed by atoms with Crippen molar-refractivity contribution in [2.75, 3.05) is 6.54 Å². The van der Waals surface area contributed by atoms with Crippen LogP contribution in [-0.4, -0.2) is 38.5 Å². The summed E-state index contributed by atoms with van der Waals surface area (Å²) in [5, 5.41) is 18.8. The van der Waals surface area contributed by atoms with Crippen LogP contribution in [0.4, 0.5) is 0 Å². The molecular weight excluding hydrogens is 284 g/mol. The van der Waals surface area contributed by atoms with E-state index in [0.29, 0.717) is 13.1 Å². The molecule has 0 saturated heterocycles. The predicted octanol–water partition coefficient (Wildman–Crippen LogP) is 0.507. The minimum Gasteiger partial charge on any atom is -0.476 e. The average Bonchev–Trinajstić information content (AvgIpc) is 3.13. The summed E-state index contributed by atoms with van der Waals surface area (Å²) < 4.78 is 1.41. The van der Waals surface area contributed by atoms with Crippen LogP contribution in [-0.2, 0) is 24.2 Å². The fourth-order valence-corrected chi connectivity index (χ4v) is 2.69. The van der Waals surface area contributed by atoms with Gasteiger partial charge in [0, 0.05) is 12.5 Å². The summed E-state index contributed by atoms with van der Waals surface area (Å²) in [4.78, 5) is 22.9. The standard InChI is InChI=1S/C15H16N4O3/c20-14(12-7-10-3-1-2-4-11(10)8-12)16-5-6-19-9-13(15(21)22)17-18-19/h1-4,9,12H,5-8H2,(H,16,20)(H,21,22). The summed E-state index contributed by atoms with van der Waals surface area (Å²) in [6.07, 6.45) is 2.89. The zero-order chi connectivity index (χ0) is 15.5. The topological polar surface area (TPSA) is 97.1 Å². The molecule has 1 aromatic heterocycles. The summed E-state index contributed by atoms with van der Waals surface area (Å²) in [7, 11) is 0. The van der Waals surface area contributed by atoms with Gasteiger partial charge in [-0.2, -0.15) is 0 Å². The lowest BCUT2D eigenvalue weighted by Gasteiger charge is -2.10. The normalized spacial score (nSPS) is 13.8. The van der Waals surface area contributed by atoms with Crippen LogP contribution in [0.15, 0.2) is 30.5 Å². The van der Waals surface area contributed by atoms with Gasteiger partial charge in [0.1, 0.15) is 0 Å². The molecule has 7 nitrogen and oxygen atoms in total. The summed E-state index contributed by atoms with van der Waals surface area (Å²) >= 11 is 0. The number of hydrogen-bond donors (Lipinski definition) is 2. The van der Waals surface area contributed by atoms with Gasteiger partial charge < -0.3 is 10.4 Å². The first-order valence-corrected chi connectivity index (χ1v) is 7.11. The molecule has 1 heterocycles. The number of aromatic carboxylic acids is 1. The second-order valence-electron chi connectivity index (χ2n) is 5.34. The number of nitrogens with one attached hydrogen (secondary N) is 1. The highest BCUT2D eigenvalue weighted by Gasteiger charge is 2.26. The first-order chi connectivity index (χ1) is 10.6. The molecule has 3 rings (SSSR count). The second-order valence-corrected chi connectivity index (χ2v) is 5.34. The van der Waals surface area contributed by atoms with E-state index >= 15 is 0 Å². The van der Waals surface area contributed by atoms with E-state index in [1.54, 1.807) is 0 Å². The first-order valence-electron chi connectivity index (χ1n) is 7.11. The lowest BCUT2D eigenvalue weighted by atomic mass is 10.1. The zero-order valence-electron chi connectivity index (χ0n) is 11.9. The van der Waals surface area contributed by atoms with Gasteiger partial charge in [0.05, 0.1) is 12.7 Å². The summed E-state index contributed by atoms with van der Waals surface area (Å²) in [6, 6.07) is 8.10. The fourth-order valence-electron chi connectivity index (χ4n) is 2.69. The van der Waals surface area contributed by atoms with E-state index in [-0.39, 0.29) is 17.5 Å². The molecule has 2 aromatic rings. The molecule has 7 heteroatoms. The molecule has 0 fully saturated rings. The van der Waals surface area contributed by atoms with Crippen molar-refractivity contribution in [3.63, 3.8) is 0 Å². The van der Waals surface area contributed by atoms with E-state index in [4.69, 9.17) is 5.11 Å². The number of hydrogen-bond acceptors (Lipinski definition) is 4. The van der Waals surface area contributed by atoms with E-state index in [1.807, 2.05) is 12.1 Å². The number of amides is 1. The van der Waals surface area contributed by atoms with Gasteiger partial charge in [-0.3, -0.25) is 4.79 Å². The van der Waals surface area contributed by atoms with Crippen molar-refractivity contribution in [2.24, 2.45) is 5.92 Å². The number of aromatic nitrogens is 3. The minimum absolute atomic E-state index is 0.0229. The van der Waals surface area contributed by atoms with Crippen LogP contribution >= 0.6 is 0 Å². The van der Waals surface area contributed by atoms with Crippen molar-refractivity contribution >= 4 is 11.9 Å². The van der Waals surface area contributed by atoms with Crippen molar-refractivity contribution in [3.05, 3.63) is 47.3 Å². The van der Waals surface area contributed by atoms with Gasteiger partial charge >= 0.3 is 5.97 Å². The molecular formula is C15H16N4O3. The number of fused-ring (bicyclic) bond motifs is 1. The van der Waals surface area contributed by atoms with E-state index in [0.717, 1.165) is 12.8 Å². The van der Waals surface area contributed by atoms with Crippen molar-refractivity contribution in [1.82, 2.24) is 20.3 Å². The maximum Gasteiger partial charge on any atom is 0.358 e. The SMILES string of the molecule is O=C(O)c1cn(CCNC(=O)C2Cc3ccccc3C2)nn1. The number of carboxylic acids is 1. The number of rotatable bonds is 5. The molecule has 0 saturated carbocycles. The largest absolute Gasteiger partial charge is 0.476 e. The van der Waals surface area contributed by atoms with Gasteiger partial charge in [0.15, 0.2) is 5.69 Å². The highest BCUT2D eigenvalue weighted by molar-refractivity contribution is 5.84. The average molecular weight is 300 g/mol. The molecule has 114 valence electrons. The highest BCUT2D eigenvalue weighted by atomic mass is 16.4. The molecule has 0 bridgehead atoms. The van der Waals surface area contributed by atoms with Crippen LogP contribution in [0.5, 0.6) is 0 Å². The van der Waals surface area contributed by atoms with Gasteiger partial charge in [0.25, 0.3) is 0 Å².